The zero-order chi connectivity index (χ0) is 91.2. The van der Waals surface area contributed by atoms with E-state index in [-0.39, 0.29) is 35.7 Å². The number of aromatic nitrogens is 12. The Hall–Kier alpha value is -14.6. The first kappa shape index (κ1) is 95.0. The minimum Gasteiger partial charge on any atom is -0.494 e. The molecule has 0 atom stereocenters. The average Bonchev–Trinajstić information content (AvgIpc) is 0.844. The van der Waals surface area contributed by atoms with E-state index in [0.717, 1.165) is 146 Å². The van der Waals surface area contributed by atoms with Crippen molar-refractivity contribution in [2.75, 3.05) is 103 Å². The Morgan fingerprint density at radius 2 is 0.235 bits per heavy atom. The molecule has 30 heteroatoms. The van der Waals surface area contributed by atoms with E-state index in [4.69, 9.17) is 88.2 Å². The van der Waals surface area contributed by atoms with Gasteiger partial charge in [0.25, 0.3) is 0 Å². The minimum absolute atomic E-state index is 0.231. The lowest BCUT2D eigenvalue weighted by Gasteiger charge is -2.14. The Morgan fingerprint density at radius 1 is 0.136 bits per heavy atom. The van der Waals surface area contributed by atoms with E-state index in [1.54, 1.807) is 0 Å². The van der Waals surface area contributed by atoms with Gasteiger partial charge in [0, 0.05) is 68.2 Å². The highest BCUT2D eigenvalue weighted by atomic mass is 16.5. The third-order valence-electron chi connectivity index (χ3n) is 21.0. The molecule has 13 aromatic rings. The van der Waals surface area contributed by atoms with Crippen molar-refractivity contribution >= 4 is 140 Å². The first-order valence-electron chi connectivity index (χ1n) is 47.0. The number of ether oxygens (including phenoxy) is 6. The summed E-state index contributed by atoms with van der Waals surface area (Å²) in [6.45, 7) is 17.2. The second-order valence-electron chi connectivity index (χ2n) is 32.1. The van der Waals surface area contributed by atoms with Gasteiger partial charge in [-0.3, -0.25) is 0 Å². The smallest absolute Gasteiger partial charge is 0.233 e. The molecule has 690 valence electrons. The standard InChI is InChI=1S/C102H126N24O6/c1-7-13-19-25-67-127-85-55-43-79(44-56-85)109-97-118-94(119-98(124-97)110-80-45-57-86(58-46-80)128-68-26-20-14-8-2)106-76-37-31-73(32-38-76)103-91-115-92(104-74-33-39-77(40-34-74)107-95-120-99(111-81-47-59-87(60-48-81)129-69-27-21-15-9-3)125-100(121-95)112-82-49-61-88(62-50-82)130-70-28-22-16-10-4)117-93(116-91)105-75-35-41-78(42-36-75)108-96-122-101(113-83-51-63-89(64-52-83)131-71-29-23-17-11-5)126-102(123-96)114-84-53-65-90(66-54-84)132-72-30-24-18-12-6/h31-66H,7-30,67-72H2,1-6H3,(H3,103,104,105,115,116,117)(H3,106,109,110,118,119,124)(H3,107,111,112,120,121,125)(H3,108,113,114,122,123,126). The predicted octanol–water partition coefficient (Wildman–Crippen LogP) is 27.1. The summed E-state index contributed by atoms with van der Waals surface area (Å²) in [6.07, 6.45) is 27.0. The van der Waals surface area contributed by atoms with Crippen LogP contribution in [0.3, 0.4) is 0 Å². The maximum atomic E-state index is 6.06. The van der Waals surface area contributed by atoms with Gasteiger partial charge in [-0.15, -0.1) is 0 Å². The van der Waals surface area contributed by atoms with Crippen LogP contribution < -0.4 is 92.2 Å². The highest BCUT2D eigenvalue weighted by Gasteiger charge is 2.18. The molecule has 0 bridgehead atoms. The van der Waals surface area contributed by atoms with Gasteiger partial charge in [-0.05, 0) is 257 Å². The van der Waals surface area contributed by atoms with Crippen LogP contribution in [0.25, 0.3) is 0 Å². The second-order valence-corrected chi connectivity index (χ2v) is 32.1. The fraction of sp³-hybridized carbons (Fsp3) is 0.353. The average molecular weight is 1780 g/mol. The normalized spacial score (nSPS) is 11.0. The highest BCUT2D eigenvalue weighted by molar-refractivity contribution is 5.71. The number of nitrogens with one attached hydrogen (secondary N) is 12. The van der Waals surface area contributed by atoms with Crippen LogP contribution in [0.2, 0.25) is 0 Å². The van der Waals surface area contributed by atoms with Crippen molar-refractivity contribution < 1.29 is 28.4 Å². The van der Waals surface area contributed by atoms with Crippen LogP contribution in [-0.2, 0) is 0 Å². The van der Waals surface area contributed by atoms with Crippen LogP contribution in [-0.4, -0.2) is 99.4 Å². The third-order valence-corrected chi connectivity index (χ3v) is 21.0. The molecule has 0 aliphatic rings. The summed E-state index contributed by atoms with van der Waals surface area (Å²) in [5.41, 5.74) is 8.71. The number of benzene rings is 9. The molecule has 4 heterocycles. The van der Waals surface area contributed by atoms with E-state index < -0.39 is 0 Å². The number of anilines is 24. The fourth-order valence-electron chi connectivity index (χ4n) is 13.8. The van der Waals surface area contributed by atoms with E-state index in [1.807, 2.05) is 218 Å². The fourth-order valence-corrected chi connectivity index (χ4v) is 13.8. The lowest BCUT2D eigenvalue weighted by molar-refractivity contribution is 0.305. The molecular formula is C102H126N24O6. The number of nitrogens with zero attached hydrogens (tertiary/aromatic N) is 12. The Labute approximate surface area is 775 Å². The van der Waals surface area contributed by atoms with E-state index in [9.17, 15) is 0 Å². The van der Waals surface area contributed by atoms with Crippen LogP contribution in [0.4, 0.5) is 140 Å². The Morgan fingerprint density at radius 3 is 0.333 bits per heavy atom. The van der Waals surface area contributed by atoms with Crippen LogP contribution >= 0.6 is 0 Å². The molecule has 12 N–H and O–H groups in total. The van der Waals surface area contributed by atoms with E-state index >= 15 is 0 Å². The molecule has 30 nitrogen and oxygen atoms in total. The summed E-state index contributed by atoms with van der Waals surface area (Å²) in [6, 6.07) is 69.5. The molecular weight excluding hydrogens is 1660 g/mol. The van der Waals surface area contributed by atoms with Gasteiger partial charge in [-0.25, -0.2) is 0 Å². The van der Waals surface area contributed by atoms with Crippen LogP contribution in [0, 0.1) is 0 Å². The van der Waals surface area contributed by atoms with Crippen molar-refractivity contribution in [1.29, 1.82) is 0 Å². The first-order valence-corrected chi connectivity index (χ1v) is 47.0. The zero-order valence-electron chi connectivity index (χ0n) is 76.8. The molecule has 0 aliphatic carbocycles. The van der Waals surface area contributed by atoms with E-state index in [0.29, 0.717) is 109 Å². The number of hydrogen-bond acceptors (Lipinski definition) is 30. The molecule has 0 fully saturated rings. The van der Waals surface area contributed by atoms with Gasteiger partial charge in [0.2, 0.25) is 71.4 Å². The molecule has 0 radical (unpaired) electrons. The van der Waals surface area contributed by atoms with Gasteiger partial charge < -0.3 is 92.2 Å². The quantitative estimate of drug-likeness (QED) is 0.0158. The van der Waals surface area contributed by atoms with Crippen LogP contribution in [0.5, 0.6) is 34.5 Å². The van der Waals surface area contributed by atoms with Gasteiger partial charge in [0.1, 0.15) is 34.5 Å². The molecule has 9 aromatic carbocycles. The van der Waals surface area contributed by atoms with Gasteiger partial charge in [0.15, 0.2) is 0 Å². The summed E-state index contributed by atoms with van der Waals surface area (Å²) in [4.78, 5) is 58.2. The van der Waals surface area contributed by atoms with Crippen LogP contribution in [0.1, 0.15) is 196 Å². The van der Waals surface area contributed by atoms with Gasteiger partial charge in [-0.2, -0.15) is 59.8 Å². The SMILES string of the molecule is CCCCCCOc1ccc(Nc2nc(Nc3ccc(Nc4nc(Nc5ccc(Nc6nc(Nc7ccc(OCCCCCC)cc7)nc(Nc7ccc(OCCCCCC)cc7)n6)cc5)nc(Nc5ccc(Nc6nc(Nc7ccc(OCCCCCC)cc7)nc(Nc7ccc(OCCCCCC)cc7)n6)cc5)n4)cc3)nc(Nc3ccc(OCCCCCC)cc3)n2)cc1. The topological polar surface area (TPSA) is 354 Å². The number of rotatable bonds is 60. The monoisotopic (exact) mass is 1780 g/mol. The largest absolute Gasteiger partial charge is 0.494 e. The molecule has 0 amide bonds. The molecule has 132 heavy (non-hydrogen) atoms. The van der Waals surface area contributed by atoms with Crippen molar-refractivity contribution in [1.82, 2.24) is 59.8 Å². The van der Waals surface area contributed by atoms with E-state index in [1.165, 1.54) is 77.0 Å². The second kappa shape index (κ2) is 52.8. The number of unbranched alkanes of at least 4 members (excludes halogenated alkanes) is 18. The van der Waals surface area contributed by atoms with Crippen molar-refractivity contribution in [3.63, 3.8) is 0 Å². The molecule has 0 unspecified atom stereocenters. The van der Waals surface area contributed by atoms with Gasteiger partial charge >= 0.3 is 0 Å². The predicted molar refractivity (Wildman–Crippen MR) is 535 cm³/mol. The Balaban J connectivity index is 0.746. The summed E-state index contributed by atoms with van der Waals surface area (Å²) in [5.74, 6) is 8.20. The third kappa shape index (κ3) is 33.2. The maximum absolute atomic E-state index is 6.06. The van der Waals surface area contributed by atoms with Crippen molar-refractivity contribution in [2.24, 2.45) is 0 Å². The molecule has 13 rings (SSSR count). The zero-order valence-corrected chi connectivity index (χ0v) is 76.8. The molecule has 0 spiro atoms. The van der Waals surface area contributed by atoms with Gasteiger partial charge in [0.05, 0.1) is 39.6 Å². The van der Waals surface area contributed by atoms with Crippen molar-refractivity contribution in [2.45, 2.75) is 196 Å². The van der Waals surface area contributed by atoms with Crippen molar-refractivity contribution in [3.8, 4) is 34.5 Å². The molecule has 4 aromatic heterocycles. The maximum Gasteiger partial charge on any atom is 0.233 e. The summed E-state index contributed by atoms with van der Waals surface area (Å²) < 4.78 is 36.4. The molecule has 0 saturated carbocycles. The summed E-state index contributed by atoms with van der Waals surface area (Å²) in [7, 11) is 0. The summed E-state index contributed by atoms with van der Waals surface area (Å²) >= 11 is 0. The van der Waals surface area contributed by atoms with Crippen LogP contribution in [0.15, 0.2) is 218 Å². The lowest BCUT2D eigenvalue weighted by Crippen LogP contribution is -2.08. The van der Waals surface area contributed by atoms with Gasteiger partial charge in [-0.1, -0.05) is 157 Å². The van der Waals surface area contributed by atoms with Crippen molar-refractivity contribution in [3.05, 3.63) is 218 Å². The molecule has 0 aliphatic heterocycles. The Bertz CT molecular complexity index is 4740. The van der Waals surface area contributed by atoms with E-state index in [2.05, 4.69) is 105 Å². The Kier molecular flexibility index (Phi) is 38.0. The highest BCUT2D eigenvalue weighted by Crippen LogP contribution is 2.33. The first-order chi connectivity index (χ1) is 65.0. The number of hydrogen-bond donors (Lipinski definition) is 12. The lowest BCUT2D eigenvalue weighted by atomic mass is 10.2. The summed E-state index contributed by atoms with van der Waals surface area (Å²) in [5, 5.41) is 40.8. The molecule has 0 saturated heterocycles. The minimum atomic E-state index is 0.231.